The van der Waals surface area contributed by atoms with E-state index in [0.717, 1.165) is 17.7 Å². The highest BCUT2D eigenvalue weighted by Crippen LogP contribution is 2.55. The zero-order chi connectivity index (χ0) is 28.9. The average molecular weight is 584 g/mol. The van der Waals surface area contributed by atoms with Crippen LogP contribution in [0.3, 0.4) is 0 Å². The number of amides is 2. The average Bonchev–Trinajstić information content (AvgIpc) is 3.43. The van der Waals surface area contributed by atoms with Crippen molar-refractivity contribution in [1.29, 1.82) is 0 Å². The zero-order valence-electron chi connectivity index (χ0n) is 21.6. The second kappa shape index (κ2) is 10.1. The molecule has 1 spiro atoms. The van der Waals surface area contributed by atoms with Gasteiger partial charge in [-0.1, -0.05) is 36.4 Å². The van der Waals surface area contributed by atoms with Gasteiger partial charge in [0.25, 0.3) is 11.6 Å². The topological polar surface area (TPSA) is 90.2 Å². The van der Waals surface area contributed by atoms with Gasteiger partial charge < -0.3 is 4.90 Å². The Morgan fingerprint density at radius 1 is 0.902 bits per heavy atom. The molecule has 0 N–H and O–H groups in total. The number of nitrogens with zero attached hydrogens (tertiary/aromatic N) is 5. The maximum atomic E-state index is 14.2. The van der Waals surface area contributed by atoms with E-state index in [1.54, 1.807) is 14.7 Å². The number of hydrogen-bond acceptors (Lipinski definition) is 7. The molecule has 0 bridgehead atoms. The van der Waals surface area contributed by atoms with Crippen LogP contribution in [0.4, 0.5) is 35.9 Å². The van der Waals surface area contributed by atoms with Crippen molar-refractivity contribution in [2.45, 2.75) is 11.0 Å². The van der Waals surface area contributed by atoms with Gasteiger partial charge in [0.15, 0.2) is 0 Å². The summed E-state index contributed by atoms with van der Waals surface area (Å²) < 4.78 is 39.4. The van der Waals surface area contributed by atoms with Crippen molar-refractivity contribution in [2.24, 2.45) is 0 Å². The molecule has 9 nitrogen and oxygen atoms in total. The Balaban J connectivity index is 1.23. The highest BCUT2D eigenvalue weighted by Gasteiger charge is 2.61. The van der Waals surface area contributed by atoms with Crippen LogP contribution >= 0.6 is 11.8 Å². The Labute approximate surface area is 237 Å². The van der Waals surface area contributed by atoms with Crippen LogP contribution in [-0.4, -0.2) is 60.2 Å². The molecule has 3 aromatic carbocycles. The molecule has 0 radical (unpaired) electrons. The van der Waals surface area contributed by atoms with Crippen molar-refractivity contribution in [3.05, 3.63) is 94.0 Å². The minimum absolute atomic E-state index is 0.128. The quantitative estimate of drug-likeness (QED) is 0.319. The lowest BCUT2D eigenvalue weighted by Gasteiger charge is -2.38. The third-order valence-corrected chi connectivity index (χ3v) is 9.02. The monoisotopic (exact) mass is 583 g/mol. The van der Waals surface area contributed by atoms with Gasteiger partial charge in [0.2, 0.25) is 10.8 Å². The van der Waals surface area contributed by atoms with Gasteiger partial charge in [-0.2, -0.15) is 13.2 Å². The second-order valence-electron chi connectivity index (χ2n) is 9.95. The van der Waals surface area contributed by atoms with Gasteiger partial charge in [0.05, 0.1) is 28.6 Å². The van der Waals surface area contributed by atoms with Crippen molar-refractivity contribution < 1.29 is 27.7 Å². The largest absolute Gasteiger partial charge is 0.416 e. The maximum absolute atomic E-state index is 14.2. The third-order valence-electron chi connectivity index (χ3n) is 7.63. The van der Waals surface area contributed by atoms with E-state index in [-0.39, 0.29) is 29.9 Å². The number of nitro benzene ring substituents is 1. The number of carbonyl (C=O) groups is 2. The Morgan fingerprint density at radius 3 is 2.27 bits per heavy atom. The van der Waals surface area contributed by atoms with Crippen LogP contribution in [0.1, 0.15) is 11.1 Å². The van der Waals surface area contributed by atoms with Crippen LogP contribution in [0.2, 0.25) is 0 Å². The summed E-state index contributed by atoms with van der Waals surface area (Å²) in [4.78, 5) is 43.9. The maximum Gasteiger partial charge on any atom is 0.416 e. The van der Waals surface area contributed by atoms with E-state index in [0.29, 0.717) is 43.6 Å². The molecule has 6 rings (SSSR count). The van der Waals surface area contributed by atoms with E-state index in [9.17, 15) is 32.9 Å². The number of anilines is 3. The number of halogens is 3. The molecule has 2 fully saturated rings. The van der Waals surface area contributed by atoms with E-state index < -0.39 is 27.2 Å². The molecule has 0 unspecified atom stereocenters. The van der Waals surface area contributed by atoms with E-state index in [2.05, 4.69) is 0 Å². The van der Waals surface area contributed by atoms with Crippen molar-refractivity contribution in [3.8, 4) is 0 Å². The van der Waals surface area contributed by atoms with Crippen molar-refractivity contribution in [1.82, 2.24) is 4.90 Å². The molecule has 3 aliphatic heterocycles. The van der Waals surface area contributed by atoms with Gasteiger partial charge in [0, 0.05) is 43.5 Å². The first kappa shape index (κ1) is 27.1. The number of para-hydroxylation sites is 2. The minimum atomic E-state index is -4.68. The highest BCUT2D eigenvalue weighted by molar-refractivity contribution is 8.02. The Hall–Kier alpha value is -4.10. The normalized spacial score (nSPS) is 21.2. The number of benzene rings is 3. The smallest absolute Gasteiger partial charge is 0.363 e. The van der Waals surface area contributed by atoms with E-state index in [1.165, 1.54) is 11.8 Å². The molecule has 212 valence electrons. The molecule has 0 aromatic heterocycles. The number of nitro groups is 1. The molecule has 3 aromatic rings. The molecule has 0 aliphatic carbocycles. The Kier molecular flexibility index (Phi) is 6.65. The van der Waals surface area contributed by atoms with Crippen LogP contribution in [0, 0.1) is 10.1 Å². The van der Waals surface area contributed by atoms with Crippen molar-refractivity contribution >= 4 is 46.3 Å². The highest BCUT2D eigenvalue weighted by atomic mass is 32.2. The second-order valence-corrected chi connectivity index (χ2v) is 11.1. The fourth-order valence-corrected chi connectivity index (χ4v) is 7.08. The molecule has 2 amide bonds. The molecule has 13 heteroatoms. The number of piperazine rings is 1. The number of hydrogen-bond donors (Lipinski definition) is 0. The van der Waals surface area contributed by atoms with Crippen LogP contribution in [0.25, 0.3) is 0 Å². The summed E-state index contributed by atoms with van der Waals surface area (Å²) >= 11 is 1.30. The van der Waals surface area contributed by atoms with Crippen LogP contribution in [0.15, 0.2) is 72.8 Å². The summed E-state index contributed by atoms with van der Waals surface area (Å²) in [6.07, 6.45) is -4.68. The predicted molar refractivity (Wildman–Crippen MR) is 149 cm³/mol. The number of fused-ring (bicyclic) bond motifs is 2. The molecular weight excluding hydrogens is 559 g/mol. The van der Waals surface area contributed by atoms with Gasteiger partial charge in [-0.25, -0.2) is 0 Å². The zero-order valence-corrected chi connectivity index (χ0v) is 22.4. The first-order valence-corrected chi connectivity index (χ1v) is 13.9. The predicted octanol–water partition coefficient (Wildman–Crippen LogP) is 4.67. The molecule has 1 atom stereocenters. The fraction of sp³-hybridized carbons (Fsp3) is 0.286. The summed E-state index contributed by atoms with van der Waals surface area (Å²) in [6.45, 7) is 1.73. The fourth-order valence-electron chi connectivity index (χ4n) is 5.72. The van der Waals surface area contributed by atoms with Gasteiger partial charge in [0.1, 0.15) is 5.69 Å². The van der Waals surface area contributed by atoms with Crippen LogP contribution < -0.4 is 14.7 Å². The van der Waals surface area contributed by atoms with Gasteiger partial charge >= 0.3 is 6.18 Å². The lowest BCUT2D eigenvalue weighted by atomic mass is 10.0. The SMILES string of the molecule is O=C1CS[C@]2(C(=O)N(CN3CCN(c4ccc(C(F)(F)F)cc4[N+](=O)[O-])CC3)c3ccccc32)N1c1ccccc1. The van der Waals surface area contributed by atoms with E-state index in [1.807, 2.05) is 59.5 Å². The summed E-state index contributed by atoms with van der Waals surface area (Å²) in [7, 11) is 0. The number of alkyl halides is 3. The van der Waals surface area contributed by atoms with Gasteiger partial charge in [-0.3, -0.25) is 34.4 Å². The molecule has 3 heterocycles. The van der Waals surface area contributed by atoms with Crippen molar-refractivity contribution in [2.75, 3.05) is 53.3 Å². The summed E-state index contributed by atoms with van der Waals surface area (Å²) in [5.41, 5.74) is 0.551. The summed E-state index contributed by atoms with van der Waals surface area (Å²) in [6, 6.07) is 19.1. The van der Waals surface area contributed by atoms with Gasteiger partial charge in [-0.05, 0) is 30.3 Å². The lowest BCUT2D eigenvalue weighted by Crippen LogP contribution is -2.54. The summed E-state index contributed by atoms with van der Waals surface area (Å²) in [5, 5.41) is 11.6. The standard InChI is InChI=1S/C28H24F3N5O4S/c29-28(30,31)19-10-11-23(24(16-19)36(39)40)33-14-12-32(13-15-33)18-34-22-9-5-4-8-21(22)27(26(34)38)35(25(37)17-41-27)20-6-2-1-3-7-20/h1-11,16H,12-15,17-18H2/t27-/m1/s1. The van der Waals surface area contributed by atoms with E-state index in [4.69, 9.17) is 0 Å². The number of thioether (sulfide) groups is 1. The molecule has 0 saturated carbocycles. The molecule has 2 saturated heterocycles. The van der Waals surface area contributed by atoms with Crippen molar-refractivity contribution in [3.63, 3.8) is 0 Å². The first-order chi connectivity index (χ1) is 19.6. The molecule has 41 heavy (non-hydrogen) atoms. The minimum Gasteiger partial charge on any atom is -0.363 e. The first-order valence-electron chi connectivity index (χ1n) is 12.9. The molecule has 3 aliphatic rings. The Morgan fingerprint density at radius 2 is 1.59 bits per heavy atom. The Bertz CT molecular complexity index is 1530. The van der Waals surface area contributed by atoms with Crippen LogP contribution in [-0.2, 0) is 20.6 Å². The van der Waals surface area contributed by atoms with Gasteiger partial charge in [-0.15, -0.1) is 11.8 Å². The number of rotatable bonds is 5. The summed E-state index contributed by atoms with van der Waals surface area (Å²) in [5.74, 6) is -0.218. The van der Waals surface area contributed by atoms with Crippen LogP contribution in [0.5, 0.6) is 0 Å². The molecular formula is C28H24F3N5O4S. The lowest BCUT2D eigenvalue weighted by molar-refractivity contribution is -0.384. The third kappa shape index (κ3) is 4.49. The van der Waals surface area contributed by atoms with E-state index >= 15 is 0 Å². The number of carbonyl (C=O) groups excluding carboxylic acids is 2.